The molecule has 0 saturated carbocycles. The molecule has 2 aromatic carbocycles. The van der Waals surface area contributed by atoms with Gasteiger partial charge in [0.25, 0.3) is 11.9 Å². The number of hydrogen-bond acceptors (Lipinski definition) is 4. The first-order valence-corrected chi connectivity index (χ1v) is 8.16. The first-order chi connectivity index (χ1) is 12.1. The predicted octanol–water partition coefficient (Wildman–Crippen LogP) is 3.99. The van der Waals surface area contributed by atoms with Crippen molar-refractivity contribution >= 4 is 28.2 Å². The van der Waals surface area contributed by atoms with Gasteiger partial charge in [0.15, 0.2) is 0 Å². The number of aromatic nitrogens is 3. The molecule has 0 unspecified atom stereocenters. The van der Waals surface area contributed by atoms with Crippen LogP contribution in [-0.4, -0.2) is 20.5 Å². The Labute approximate surface area is 144 Å². The molecule has 4 aromatic rings. The van der Waals surface area contributed by atoms with Crippen molar-refractivity contribution in [2.45, 2.75) is 0 Å². The molecule has 0 bridgehead atoms. The lowest BCUT2D eigenvalue weighted by Gasteiger charge is -2.02. The normalized spacial score (nSPS) is 11.0. The molecule has 0 atom stereocenters. The van der Waals surface area contributed by atoms with Crippen molar-refractivity contribution in [2.75, 3.05) is 5.32 Å². The number of nitrogens with one attached hydrogen (secondary N) is 1. The minimum atomic E-state index is -0.941. The Bertz CT molecular complexity index is 1070. The minimum absolute atomic E-state index is 0.0535. The number of carbonyl (C=O) groups excluding carboxylic acids is 1. The predicted molar refractivity (Wildman–Crippen MR) is 90.6 cm³/mol. The number of fused-ring (bicyclic) bond motifs is 1. The Morgan fingerprint density at radius 2 is 1.92 bits per heavy atom. The number of benzene rings is 2. The summed E-state index contributed by atoms with van der Waals surface area (Å²) in [4.78, 5) is 16.9. The fourth-order valence-electron chi connectivity index (χ4n) is 2.38. The first-order valence-electron chi connectivity index (χ1n) is 7.28. The summed E-state index contributed by atoms with van der Waals surface area (Å²) < 4.78 is 28.2. The maximum atomic E-state index is 13.7. The van der Waals surface area contributed by atoms with Gasteiger partial charge in [-0.25, -0.2) is 13.3 Å². The average molecular weight is 356 g/mol. The Kier molecular flexibility index (Phi) is 3.73. The molecule has 0 aliphatic carbocycles. The van der Waals surface area contributed by atoms with E-state index in [1.807, 2.05) is 35.7 Å². The number of anilines is 1. The largest absolute Gasteiger partial charge is 0.289 e. The summed E-state index contributed by atoms with van der Waals surface area (Å²) in [6, 6.07) is 12.4. The zero-order chi connectivity index (χ0) is 17.4. The molecule has 0 saturated heterocycles. The molecule has 1 amide bonds. The van der Waals surface area contributed by atoms with Crippen LogP contribution in [0, 0.1) is 11.6 Å². The Balaban J connectivity index is 1.64. The minimum Gasteiger partial charge on any atom is -0.289 e. The van der Waals surface area contributed by atoms with E-state index in [1.54, 1.807) is 4.52 Å². The lowest BCUT2D eigenvalue weighted by atomic mass is 10.2. The molecule has 2 aromatic heterocycles. The summed E-state index contributed by atoms with van der Waals surface area (Å²) >= 11 is 1.37. The van der Waals surface area contributed by atoms with Crippen molar-refractivity contribution in [2.24, 2.45) is 0 Å². The molecule has 5 nitrogen and oxygen atoms in total. The van der Waals surface area contributed by atoms with Gasteiger partial charge in [-0.2, -0.15) is 4.98 Å². The quantitative estimate of drug-likeness (QED) is 0.604. The molecule has 0 spiro atoms. The zero-order valence-electron chi connectivity index (χ0n) is 12.6. The molecule has 124 valence electrons. The molecular weight excluding hydrogens is 346 g/mol. The van der Waals surface area contributed by atoms with Gasteiger partial charge in [0.2, 0.25) is 4.96 Å². The molecule has 4 rings (SSSR count). The number of halogens is 2. The zero-order valence-corrected chi connectivity index (χ0v) is 13.4. The van der Waals surface area contributed by atoms with Crippen molar-refractivity contribution in [1.82, 2.24) is 14.6 Å². The monoisotopic (exact) mass is 356 g/mol. The number of nitrogens with zero attached hydrogens (tertiary/aromatic N) is 3. The van der Waals surface area contributed by atoms with E-state index in [4.69, 9.17) is 0 Å². The number of thiazole rings is 1. The van der Waals surface area contributed by atoms with Crippen LogP contribution in [0.25, 0.3) is 16.2 Å². The van der Waals surface area contributed by atoms with E-state index in [-0.39, 0.29) is 11.5 Å². The van der Waals surface area contributed by atoms with Gasteiger partial charge < -0.3 is 0 Å². The maximum absolute atomic E-state index is 13.7. The van der Waals surface area contributed by atoms with E-state index in [9.17, 15) is 13.6 Å². The standard InChI is InChI=1S/C17H10F2N4OS/c18-11-6-7-12(13(19)8-11)15(24)20-16-21-17-23(22-16)14(9-25-17)10-4-2-1-3-5-10/h1-9H,(H,20,22,24). The van der Waals surface area contributed by atoms with E-state index in [2.05, 4.69) is 15.4 Å². The highest BCUT2D eigenvalue weighted by molar-refractivity contribution is 7.15. The van der Waals surface area contributed by atoms with Crippen LogP contribution in [0.1, 0.15) is 10.4 Å². The molecule has 0 fully saturated rings. The lowest BCUT2D eigenvalue weighted by molar-refractivity contribution is 0.102. The summed E-state index contributed by atoms with van der Waals surface area (Å²) in [7, 11) is 0. The van der Waals surface area contributed by atoms with Gasteiger partial charge in [0.1, 0.15) is 11.6 Å². The second-order valence-electron chi connectivity index (χ2n) is 5.20. The number of carbonyl (C=O) groups is 1. The van der Waals surface area contributed by atoms with Crippen LogP contribution in [-0.2, 0) is 0 Å². The average Bonchev–Trinajstić information content (AvgIpc) is 3.15. The summed E-state index contributed by atoms with van der Waals surface area (Å²) in [5.74, 6) is -2.37. The molecule has 2 heterocycles. The topological polar surface area (TPSA) is 59.3 Å². The van der Waals surface area contributed by atoms with Crippen LogP contribution in [0.2, 0.25) is 0 Å². The fraction of sp³-hybridized carbons (Fsp3) is 0. The van der Waals surface area contributed by atoms with Crippen LogP contribution in [0.15, 0.2) is 53.9 Å². The van der Waals surface area contributed by atoms with E-state index >= 15 is 0 Å². The second kappa shape index (κ2) is 6.06. The van der Waals surface area contributed by atoms with Crippen LogP contribution in [0.5, 0.6) is 0 Å². The molecule has 8 heteroatoms. The number of amides is 1. The summed E-state index contributed by atoms with van der Waals surface area (Å²) in [6.07, 6.45) is 0. The van der Waals surface area contributed by atoms with E-state index in [0.717, 1.165) is 23.4 Å². The molecule has 1 N–H and O–H groups in total. The SMILES string of the molecule is O=C(Nc1nc2scc(-c3ccccc3)n2n1)c1ccc(F)cc1F. The molecule has 0 radical (unpaired) electrons. The van der Waals surface area contributed by atoms with Crippen molar-refractivity contribution < 1.29 is 13.6 Å². The van der Waals surface area contributed by atoms with Crippen LogP contribution >= 0.6 is 11.3 Å². The van der Waals surface area contributed by atoms with Gasteiger partial charge in [0, 0.05) is 17.0 Å². The van der Waals surface area contributed by atoms with Gasteiger partial charge >= 0.3 is 0 Å². The molecule has 25 heavy (non-hydrogen) atoms. The van der Waals surface area contributed by atoms with Crippen molar-refractivity contribution in [1.29, 1.82) is 0 Å². The summed E-state index contributed by atoms with van der Waals surface area (Å²) in [5.41, 5.74) is 1.52. The maximum Gasteiger partial charge on any atom is 0.261 e. The third kappa shape index (κ3) is 2.87. The smallest absolute Gasteiger partial charge is 0.261 e. The Morgan fingerprint density at radius 1 is 1.12 bits per heavy atom. The van der Waals surface area contributed by atoms with Gasteiger partial charge in [-0.15, -0.1) is 16.4 Å². The van der Waals surface area contributed by atoms with Crippen LogP contribution < -0.4 is 5.32 Å². The molecule has 0 aliphatic heterocycles. The second-order valence-corrected chi connectivity index (χ2v) is 6.03. The van der Waals surface area contributed by atoms with E-state index < -0.39 is 17.5 Å². The first kappa shape index (κ1) is 15.4. The van der Waals surface area contributed by atoms with Crippen molar-refractivity contribution in [3.63, 3.8) is 0 Å². The van der Waals surface area contributed by atoms with Crippen LogP contribution in [0.4, 0.5) is 14.7 Å². The Hall–Kier alpha value is -3.13. The number of hydrogen-bond donors (Lipinski definition) is 1. The van der Waals surface area contributed by atoms with Crippen molar-refractivity contribution in [3.8, 4) is 11.3 Å². The third-order valence-electron chi connectivity index (χ3n) is 3.55. The van der Waals surface area contributed by atoms with Gasteiger partial charge in [0.05, 0.1) is 11.3 Å². The fourth-order valence-corrected chi connectivity index (χ4v) is 3.22. The third-order valence-corrected chi connectivity index (χ3v) is 4.37. The highest BCUT2D eigenvalue weighted by Gasteiger charge is 2.16. The Morgan fingerprint density at radius 3 is 2.68 bits per heavy atom. The highest BCUT2D eigenvalue weighted by atomic mass is 32.1. The molecule has 0 aliphatic rings. The molecular formula is C17H10F2N4OS. The van der Waals surface area contributed by atoms with Gasteiger partial charge in [-0.3, -0.25) is 10.1 Å². The van der Waals surface area contributed by atoms with E-state index in [0.29, 0.717) is 11.0 Å². The highest BCUT2D eigenvalue weighted by Crippen LogP contribution is 2.25. The number of rotatable bonds is 3. The van der Waals surface area contributed by atoms with Crippen LogP contribution in [0.3, 0.4) is 0 Å². The van der Waals surface area contributed by atoms with Crippen molar-refractivity contribution in [3.05, 3.63) is 71.1 Å². The summed E-state index contributed by atoms with van der Waals surface area (Å²) in [6.45, 7) is 0. The van der Waals surface area contributed by atoms with E-state index in [1.165, 1.54) is 11.3 Å². The van der Waals surface area contributed by atoms with Gasteiger partial charge in [-0.05, 0) is 12.1 Å². The van der Waals surface area contributed by atoms with Gasteiger partial charge in [-0.1, -0.05) is 30.3 Å². The summed E-state index contributed by atoms with van der Waals surface area (Å²) in [5, 5.41) is 8.60. The lowest BCUT2D eigenvalue weighted by Crippen LogP contribution is -2.15.